The number of fused-ring (bicyclic) bond motifs is 1. The van der Waals surface area contributed by atoms with Crippen molar-refractivity contribution in [2.24, 2.45) is 5.84 Å². The number of benzene rings is 1. The third-order valence-corrected chi connectivity index (χ3v) is 4.40. The van der Waals surface area contributed by atoms with E-state index in [2.05, 4.69) is 31.3 Å². The lowest BCUT2D eigenvalue weighted by Crippen LogP contribution is -2.10. The highest BCUT2D eigenvalue weighted by atomic mass is 79.9. The third-order valence-electron chi connectivity index (χ3n) is 2.97. The van der Waals surface area contributed by atoms with Crippen LogP contribution in [-0.4, -0.2) is 9.97 Å². The first-order valence-electron chi connectivity index (χ1n) is 6.25. The lowest BCUT2D eigenvalue weighted by molar-refractivity contribution is 0.465. The summed E-state index contributed by atoms with van der Waals surface area (Å²) in [7, 11) is 0. The van der Waals surface area contributed by atoms with Gasteiger partial charge in [0.1, 0.15) is 10.6 Å². The number of ether oxygens (including phenoxy) is 1. The maximum Gasteiger partial charge on any atom is 0.241 e. The molecule has 0 aliphatic rings. The summed E-state index contributed by atoms with van der Waals surface area (Å²) in [6.07, 6.45) is 0. The number of aromatic nitrogens is 2. The van der Waals surface area contributed by atoms with Crippen LogP contribution in [0.3, 0.4) is 0 Å². The van der Waals surface area contributed by atoms with Gasteiger partial charge in [-0.05, 0) is 37.6 Å². The molecule has 7 heteroatoms. The number of nitrogens with two attached hydrogens (primary N) is 1. The summed E-state index contributed by atoms with van der Waals surface area (Å²) in [5.41, 5.74) is 3.50. The first-order chi connectivity index (χ1) is 10.1. The van der Waals surface area contributed by atoms with Crippen LogP contribution in [0.25, 0.3) is 10.2 Å². The van der Waals surface area contributed by atoms with E-state index >= 15 is 0 Å². The maximum atomic E-state index is 5.99. The average molecular weight is 365 g/mol. The van der Waals surface area contributed by atoms with E-state index in [1.807, 2.05) is 38.1 Å². The Morgan fingerprint density at radius 1 is 1.24 bits per heavy atom. The Bertz CT molecular complexity index is 818. The summed E-state index contributed by atoms with van der Waals surface area (Å²) in [5, 5.41) is 0.885. The van der Waals surface area contributed by atoms with E-state index in [0.717, 1.165) is 30.9 Å². The molecule has 0 unspecified atom stereocenters. The van der Waals surface area contributed by atoms with E-state index in [9.17, 15) is 0 Å². The minimum absolute atomic E-state index is 0.340. The van der Waals surface area contributed by atoms with Crippen molar-refractivity contribution in [3.05, 3.63) is 39.2 Å². The second kappa shape index (κ2) is 5.59. The molecule has 1 aromatic carbocycles. The van der Waals surface area contributed by atoms with Gasteiger partial charge in [-0.1, -0.05) is 22.0 Å². The Labute approximate surface area is 134 Å². The van der Waals surface area contributed by atoms with E-state index < -0.39 is 0 Å². The highest BCUT2D eigenvalue weighted by Gasteiger charge is 2.13. The molecule has 0 spiro atoms. The molecular formula is C14H13BrN4OS. The summed E-state index contributed by atoms with van der Waals surface area (Å²) >= 11 is 5.03. The van der Waals surface area contributed by atoms with Crippen molar-refractivity contribution in [2.45, 2.75) is 13.8 Å². The number of halogens is 1. The van der Waals surface area contributed by atoms with Gasteiger partial charge in [-0.25, -0.2) is 10.8 Å². The van der Waals surface area contributed by atoms with Crippen molar-refractivity contribution in [3.63, 3.8) is 0 Å². The van der Waals surface area contributed by atoms with Crippen LogP contribution in [0.5, 0.6) is 11.6 Å². The monoisotopic (exact) mass is 364 g/mol. The molecule has 0 saturated carbocycles. The van der Waals surface area contributed by atoms with Crippen molar-refractivity contribution < 1.29 is 4.74 Å². The number of hydrogen-bond donors (Lipinski definition) is 2. The highest BCUT2D eigenvalue weighted by molar-refractivity contribution is 9.10. The zero-order valence-electron chi connectivity index (χ0n) is 11.5. The van der Waals surface area contributed by atoms with Crippen molar-refractivity contribution >= 4 is 43.4 Å². The van der Waals surface area contributed by atoms with E-state index in [1.165, 1.54) is 0 Å². The van der Waals surface area contributed by atoms with Crippen LogP contribution in [0.15, 0.2) is 28.7 Å². The van der Waals surface area contributed by atoms with Gasteiger partial charge in [0.05, 0.1) is 5.39 Å². The quantitative estimate of drug-likeness (QED) is 0.539. The Morgan fingerprint density at radius 2 is 2.05 bits per heavy atom. The lowest BCUT2D eigenvalue weighted by atomic mass is 10.2. The predicted molar refractivity (Wildman–Crippen MR) is 88.9 cm³/mol. The smallest absolute Gasteiger partial charge is 0.241 e. The Kier molecular flexibility index (Phi) is 3.79. The van der Waals surface area contributed by atoms with Crippen LogP contribution in [0.2, 0.25) is 0 Å². The fourth-order valence-corrected chi connectivity index (χ4v) is 3.16. The zero-order chi connectivity index (χ0) is 15.0. The molecule has 2 aromatic heterocycles. The minimum atomic E-state index is 0.340. The van der Waals surface area contributed by atoms with Gasteiger partial charge in [0.25, 0.3) is 0 Å². The number of nitrogen functional groups attached to an aromatic ring is 1. The molecule has 0 fully saturated rings. The Balaban J connectivity index is 2.12. The summed E-state index contributed by atoms with van der Waals surface area (Å²) < 4.78 is 6.94. The van der Waals surface area contributed by atoms with Crippen molar-refractivity contribution in [3.8, 4) is 11.6 Å². The van der Waals surface area contributed by atoms with Crippen LogP contribution in [0.1, 0.15) is 10.4 Å². The third kappa shape index (κ3) is 2.85. The molecule has 3 N–H and O–H groups in total. The van der Waals surface area contributed by atoms with Crippen molar-refractivity contribution in [2.75, 3.05) is 5.43 Å². The van der Waals surface area contributed by atoms with Gasteiger partial charge in [-0.3, -0.25) is 5.43 Å². The highest BCUT2D eigenvalue weighted by Crippen LogP contribution is 2.35. The molecule has 0 radical (unpaired) electrons. The fraction of sp³-hybridized carbons (Fsp3) is 0.143. The average Bonchev–Trinajstić information content (AvgIpc) is 2.83. The molecule has 0 aliphatic heterocycles. The molecule has 0 amide bonds. The SMILES string of the molecule is Cc1cc2c(Oc3cc(Br)ccc3C)nc(NN)nc2s1. The first-order valence-corrected chi connectivity index (χ1v) is 7.86. The number of thiophene rings is 1. The number of anilines is 1. The molecule has 0 aliphatic carbocycles. The molecule has 5 nitrogen and oxygen atoms in total. The maximum absolute atomic E-state index is 5.99. The fourth-order valence-electron chi connectivity index (χ4n) is 1.95. The summed E-state index contributed by atoms with van der Waals surface area (Å²) in [6.45, 7) is 4.01. The van der Waals surface area contributed by atoms with E-state index in [1.54, 1.807) is 11.3 Å². The van der Waals surface area contributed by atoms with Gasteiger partial charge in [0, 0.05) is 9.35 Å². The van der Waals surface area contributed by atoms with Gasteiger partial charge in [0.15, 0.2) is 0 Å². The van der Waals surface area contributed by atoms with Crippen LogP contribution in [0.4, 0.5) is 5.95 Å². The summed E-state index contributed by atoms with van der Waals surface area (Å²) in [6, 6.07) is 7.89. The molecular weight excluding hydrogens is 352 g/mol. The normalized spacial score (nSPS) is 10.9. The van der Waals surface area contributed by atoms with Crippen LogP contribution in [-0.2, 0) is 0 Å². The van der Waals surface area contributed by atoms with Crippen molar-refractivity contribution in [1.29, 1.82) is 0 Å². The Hall–Kier alpha value is -1.70. The number of hydrazine groups is 1. The molecule has 3 aromatic rings. The molecule has 0 bridgehead atoms. The second-order valence-electron chi connectivity index (χ2n) is 4.58. The van der Waals surface area contributed by atoms with Crippen LogP contribution < -0.4 is 16.0 Å². The Morgan fingerprint density at radius 3 is 2.81 bits per heavy atom. The largest absolute Gasteiger partial charge is 0.438 e. The molecule has 108 valence electrons. The zero-order valence-corrected chi connectivity index (χ0v) is 13.9. The molecule has 2 heterocycles. The number of nitrogens with zero attached hydrogens (tertiary/aromatic N) is 2. The number of nitrogens with one attached hydrogen (secondary N) is 1. The molecule has 0 atom stereocenters. The summed E-state index contributed by atoms with van der Waals surface area (Å²) in [5.74, 6) is 7.02. The molecule has 0 saturated heterocycles. The van der Waals surface area contributed by atoms with Gasteiger partial charge in [-0.2, -0.15) is 4.98 Å². The predicted octanol–water partition coefficient (Wildman–Crippen LogP) is 4.15. The number of rotatable bonds is 3. The van der Waals surface area contributed by atoms with E-state index in [4.69, 9.17) is 10.6 Å². The first kappa shape index (κ1) is 14.2. The van der Waals surface area contributed by atoms with Crippen molar-refractivity contribution in [1.82, 2.24) is 9.97 Å². The molecule has 21 heavy (non-hydrogen) atoms. The van der Waals surface area contributed by atoms with Gasteiger partial charge in [0.2, 0.25) is 11.8 Å². The lowest BCUT2D eigenvalue weighted by Gasteiger charge is -2.10. The second-order valence-corrected chi connectivity index (χ2v) is 6.73. The summed E-state index contributed by atoms with van der Waals surface area (Å²) in [4.78, 5) is 10.6. The number of hydrogen-bond acceptors (Lipinski definition) is 6. The topological polar surface area (TPSA) is 73.1 Å². The molecule has 3 rings (SSSR count). The van der Waals surface area contributed by atoms with Crippen LogP contribution >= 0.6 is 27.3 Å². The van der Waals surface area contributed by atoms with Crippen LogP contribution in [0, 0.1) is 13.8 Å². The number of aryl methyl sites for hydroxylation is 2. The standard InChI is InChI=1S/C14H13BrN4OS/c1-7-3-4-9(15)6-11(7)20-12-10-5-8(2)21-13(10)18-14(17-12)19-16/h3-6H,16H2,1-2H3,(H,17,18,19). The minimum Gasteiger partial charge on any atom is -0.438 e. The van der Waals surface area contributed by atoms with E-state index in [0.29, 0.717) is 11.8 Å². The van der Waals surface area contributed by atoms with E-state index in [-0.39, 0.29) is 0 Å². The van der Waals surface area contributed by atoms with Gasteiger partial charge >= 0.3 is 0 Å². The van der Waals surface area contributed by atoms with Gasteiger partial charge in [-0.15, -0.1) is 11.3 Å². The van der Waals surface area contributed by atoms with Gasteiger partial charge < -0.3 is 4.74 Å².